The van der Waals surface area contributed by atoms with Crippen molar-refractivity contribution < 1.29 is 4.42 Å². The Morgan fingerprint density at radius 1 is 1.33 bits per heavy atom. The molecule has 0 aliphatic heterocycles. The number of rotatable bonds is 3. The van der Waals surface area contributed by atoms with Gasteiger partial charge >= 0.3 is 0 Å². The van der Waals surface area contributed by atoms with Gasteiger partial charge < -0.3 is 15.5 Å². The van der Waals surface area contributed by atoms with Gasteiger partial charge in [-0.1, -0.05) is 15.9 Å². The summed E-state index contributed by atoms with van der Waals surface area (Å²) in [4.78, 5) is 4.13. The van der Waals surface area contributed by atoms with E-state index in [-0.39, 0.29) is 0 Å². The maximum Gasteiger partial charge on any atom is 0.299 e. The van der Waals surface area contributed by atoms with Crippen molar-refractivity contribution in [1.29, 1.82) is 0 Å². The average Bonchev–Trinajstić information content (AvgIpc) is 2.69. The molecule has 1 aromatic carbocycles. The summed E-state index contributed by atoms with van der Waals surface area (Å²) in [5.74, 6) is 0. The molecule has 0 saturated carbocycles. The van der Waals surface area contributed by atoms with Crippen molar-refractivity contribution in [3.63, 3.8) is 0 Å². The van der Waals surface area contributed by atoms with Gasteiger partial charge in [-0.15, -0.1) is 0 Å². The number of hydrogen-bond donors (Lipinski definition) is 2. The third-order valence-corrected chi connectivity index (χ3v) is 2.39. The molecule has 0 saturated heterocycles. The van der Waals surface area contributed by atoms with Gasteiger partial charge in [-0.25, -0.2) is 0 Å². The van der Waals surface area contributed by atoms with Gasteiger partial charge in [0, 0.05) is 16.7 Å². The Kier molecular flexibility index (Phi) is 3.03. The van der Waals surface area contributed by atoms with Crippen LogP contribution in [0, 0.1) is 0 Å². The molecule has 0 unspecified atom stereocenters. The molecule has 15 heavy (non-hydrogen) atoms. The molecule has 78 valence electrons. The van der Waals surface area contributed by atoms with Crippen LogP contribution in [0.5, 0.6) is 0 Å². The Morgan fingerprint density at radius 3 is 2.67 bits per heavy atom. The van der Waals surface area contributed by atoms with Crippen molar-refractivity contribution in [1.82, 2.24) is 4.98 Å². The maximum absolute atomic E-state index is 5.42. The first-order valence-corrected chi connectivity index (χ1v) is 5.24. The van der Waals surface area contributed by atoms with Crippen LogP contribution in [0.15, 0.2) is 39.4 Å². The standard InChI is InChI=1S/C10H10BrN3O/c11-7-1-3-8(4-2-7)13-10-14-9(5-12)6-15-10/h1-4,6H,5,12H2,(H,13,14). The molecule has 0 bridgehead atoms. The summed E-state index contributed by atoms with van der Waals surface area (Å²) < 4.78 is 6.21. The second kappa shape index (κ2) is 4.46. The molecule has 0 aliphatic carbocycles. The van der Waals surface area contributed by atoms with Crippen LogP contribution in [-0.2, 0) is 6.54 Å². The van der Waals surface area contributed by atoms with E-state index < -0.39 is 0 Å². The minimum absolute atomic E-state index is 0.380. The lowest BCUT2D eigenvalue weighted by Gasteiger charge is -2.00. The Hall–Kier alpha value is -1.33. The molecule has 0 radical (unpaired) electrons. The molecule has 0 atom stereocenters. The number of oxazole rings is 1. The Morgan fingerprint density at radius 2 is 2.07 bits per heavy atom. The first kappa shape index (κ1) is 10.2. The van der Waals surface area contributed by atoms with Gasteiger partial charge in [-0.3, -0.25) is 0 Å². The predicted molar refractivity (Wildman–Crippen MR) is 61.8 cm³/mol. The normalized spacial score (nSPS) is 10.3. The van der Waals surface area contributed by atoms with Gasteiger partial charge in [0.15, 0.2) is 0 Å². The van der Waals surface area contributed by atoms with Crippen molar-refractivity contribution in [2.24, 2.45) is 5.73 Å². The molecule has 2 rings (SSSR count). The Balaban J connectivity index is 2.11. The zero-order valence-corrected chi connectivity index (χ0v) is 9.49. The van der Waals surface area contributed by atoms with Crippen LogP contribution in [0.25, 0.3) is 0 Å². The van der Waals surface area contributed by atoms with E-state index in [4.69, 9.17) is 10.2 Å². The van der Waals surface area contributed by atoms with E-state index in [1.165, 1.54) is 0 Å². The van der Waals surface area contributed by atoms with Gasteiger partial charge in [0.1, 0.15) is 6.26 Å². The molecule has 5 heteroatoms. The number of aromatic nitrogens is 1. The number of anilines is 2. The minimum atomic E-state index is 0.380. The predicted octanol–water partition coefficient (Wildman–Crippen LogP) is 2.64. The number of nitrogens with two attached hydrogens (primary N) is 1. The number of benzene rings is 1. The van der Waals surface area contributed by atoms with Gasteiger partial charge in [-0.05, 0) is 24.3 Å². The van der Waals surface area contributed by atoms with E-state index in [1.54, 1.807) is 6.26 Å². The second-order valence-corrected chi connectivity index (χ2v) is 3.90. The highest BCUT2D eigenvalue weighted by Crippen LogP contribution is 2.18. The summed E-state index contributed by atoms with van der Waals surface area (Å²) in [6.45, 7) is 0.380. The van der Waals surface area contributed by atoms with Crippen LogP contribution < -0.4 is 11.1 Å². The molecule has 0 spiro atoms. The van der Waals surface area contributed by atoms with Gasteiger partial charge in [-0.2, -0.15) is 4.98 Å². The molecular formula is C10H10BrN3O. The zero-order chi connectivity index (χ0) is 10.7. The fraction of sp³-hybridized carbons (Fsp3) is 0.100. The fourth-order valence-electron chi connectivity index (χ4n) is 1.11. The third-order valence-electron chi connectivity index (χ3n) is 1.86. The van der Waals surface area contributed by atoms with Crippen molar-refractivity contribution in [3.8, 4) is 0 Å². The van der Waals surface area contributed by atoms with Crippen molar-refractivity contribution in [3.05, 3.63) is 40.7 Å². The summed E-state index contributed by atoms with van der Waals surface area (Å²) in [7, 11) is 0. The molecule has 0 aliphatic rings. The molecule has 1 heterocycles. The molecule has 3 N–H and O–H groups in total. The topological polar surface area (TPSA) is 64.1 Å². The van der Waals surface area contributed by atoms with Crippen molar-refractivity contribution in [2.75, 3.05) is 5.32 Å². The lowest BCUT2D eigenvalue weighted by atomic mass is 10.3. The summed E-state index contributed by atoms with van der Waals surface area (Å²) in [5, 5.41) is 3.03. The number of hydrogen-bond acceptors (Lipinski definition) is 4. The highest BCUT2D eigenvalue weighted by atomic mass is 79.9. The lowest BCUT2D eigenvalue weighted by Crippen LogP contribution is -1.96. The average molecular weight is 268 g/mol. The minimum Gasteiger partial charge on any atom is -0.432 e. The highest BCUT2D eigenvalue weighted by Gasteiger charge is 2.02. The summed E-state index contributed by atoms with van der Waals surface area (Å²) in [6, 6.07) is 8.19. The summed E-state index contributed by atoms with van der Waals surface area (Å²) in [5.41, 5.74) is 7.07. The van der Waals surface area contributed by atoms with E-state index in [1.807, 2.05) is 24.3 Å². The first-order valence-electron chi connectivity index (χ1n) is 4.45. The second-order valence-electron chi connectivity index (χ2n) is 2.98. The fourth-order valence-corrected chi connectivity index (χ4v) is 1.38. The van der Waals surface area contributed by atoms with Gasteiger partial charge in [0.05, 0.1) is 5.69 Å². The molecule has 0 amide bonds. The van der Waals surface area contributed by atoms with E-state index in [2.05, 4.69) is 26.2 Å². The quantitative estimate of drug-likeness (QED) is 0.898. The molecule has 2 aromatic rings. The number of halogens is 1. The zero-order valence-electron chi connectivity index (χ0n) is 7.90. The lowest BCUT2D eigenvalue weighted by molar-refractivity contribution is 0.576. The Bertz CT molecular complexity index is 438. The summed E-state index contributed by atoms with van der Waals surface area (Å²) in [6.07, 6.45) is 1.54. The van der Waals surface area contributed by atoms with E-state index in [9.17, 15) is 0 Å². The van der Waals surface area contributed by atoms with Crippen LogP contribution in [0.1, 0.15) is 5.69 Å². The van der Waals surface area contributed by atoms with Gasteiger partial charge in [0.25, 0.3) is 6.01 Å². The van der Waals surface area contributed by atoms with E-state index >= 15 is 0 Å². The largest absolute Gasteiger partial charge is 0.432 e. The van der Waals surface area contributed by atoms with Crippen LogP contribution in [-0.4, -0.2) is 4.98 Å². The van der Waals surface area contributed by atoms with E-state index in [0.29, 0.717) is 12.6 Å². The van der Waals surface area contributed by atoms with Gasteiger partial charge in [0.2, 0.25) is 0 Å². The Labute approximate surface area is 95.6 Å². The molecule has 4 nitrogen and oxygen atoms in total. The maximum atomic E-state index is 5.42. The monoisotopic (exact) mass is 267 g/mol. The van der Waals surface area contributed by atoms with Crippen LogP contribution in [0.2, 0.25) is 0 Å². The van der Waals surface area contributed by atoms with Crippen LogP contribution in [0.4, 0.5) is 11.7 Å². The van der Waals surface area contributed by atoms with Crippen LogP contribution >= 0.6 is 15.9 Å². The van der Waals surface area contributed by atoms with Crippen molar-refractivity contribution in [2.45, 2.75) is 6.54 Å². The third kappa shape index (κ3) is 2.57. The van der Waals surface area contributed by atoms with Crippen molar-refractivity contribution >= 4 is 27.6 Å². The molecule has 1 aromatic heterocycles. The SMILES string of the molecule is NCc1coc(Nc2ccc(Br)cc2)n1. The van der Waals surface area contributed by atoms with Crippen LogP contribution in [0.3, 0.4) is 0 Å². The number of nitrogens with zero attached hydrogens (tertiary/aromatic N) is 1. The molecular weight excluding hydrogens is 258 g/mol. The first-order chi connectivity index (χ1) is 7.28. The smallest absolute Gasteiger partial charge is 0.299 e. The summed E-state index contributed by atoms with van der Waals surface area (Å²) >= 11 is 3.36. The number of nitrogens with one attached hydrogen (secondary N) is 1. The molecule has 0 fully saturated rings. The highest BCUT2D eigenvalue weighted by molar-refractivity contribution is 9.10. The van der Waals surface area contributed by atoms with E-state index in [0.717, 1.165) is 15.9 Å².